The molecule has 2 aromatic heterocycles. The van der Waals surface area contributed by atoms with Gasteiger partial charge in [0, 0.05) is 6.04 Å². The Labute approximate surface area is 172 Å². The van der Waals surface area contributed by atoms with Crippen molar-refractivity contribution < 1.29 is 24.5 Å². The second kappa shape index (κ2) is 7.73. The van der Waals surface area contributed by atoms with Gasteiger partial charge in [0.25, 0.3) is 0 Å². The zero-order chi connectivity index (χ0) is 20.8. The Balaban J connectivity index is 1.44. The lowest BCUT2D eigenvalue weighted by atomic mass is 10.1. The van der Waals surface area contributed by atoms with E-state index in [1.165, 1.54) is 17.2 Å². The van der Waals surface area contributed by atoms with Crippen LogP contribution < -0.4 is 5.73 Å². The van der Waals surface area contributed by atoms with Crippen LogP contribution in [0.15, 0.2) is 12.7 Å². The topological polar surface area (TPSA) is 149 Å². The molecule has 1 unspecified atom stereocenters. The van der Waals surface area contributed by atoms with Crippen molar-refractivity contribution in [1.29, 1.82) is 0 Å². The quantitative estimate of drug-likeness (QED) is 0.415. The smallest absolute Gasteiger partial charge is 0.212 e. The van der Waals surface area contributed by atoms with Crippen LogP contribution in [-0.4, -0.2) is 77.7 Å². The standard InChI is InChI=1S/C19H26N6O5/c20-16-12-17(22-7-21-16)24(8-23-12)18-14(28)13(27)15(30-18)19(25(9-26)10-5-6-10)29-11-3-1-2-4-11/h7-11,13-15,18-19,27-28H,1-6H2,(H2,20,21,22)/t13-,14+,15-,18+,19?/m0/s1. The Hall–Kier alpha value is -2.34. The Morgan fingerprint density at radius 2 is 1.97 bits per heavy atom. The number of nitrogens with zero attached hydrogens (tertiary/aromatic N) is 5. The van der Waals surface area contributed by atoms with Gasteiger partial charge < -0.3 is 30.3 Å². The summed E-state index contributed by atoms with van der Waals surface area (Å²) in [4.78, 5) is 25.8. The molecule has 0 radical (unpaired) electrons. The molecule has 3 aliphatic rings. The molecular formula is C19H26N6O5. The highest BCUT2D eigenvalue weighted by Crippen LogP contribution is 2.38. The second-order valence-electron chi connectivity index (χ2n) is 8.27. The minimum atomic E-state index is -1.26. The fourth-order valence-electron chi connectivity index (χ4n) is 4.47. The van der Waals surface area contributed by atoms with Crippen molar-refractivity contribution in [3.63, 3.8) is 0 Å². The first-order valence-electron chi connectivity index (χ1n) is 10.4. The van der Waals surface area contributed by atoms with Gasteiger partial charge in [0.05, 0.1) is 12.4 Å². The second-order valence-corrected chi connectivity index (χ2v) is 8.27. The molecule has 3 heterocycles. The van der Waals surface area contributed by atoms with E-state index in [9.17, 15) is 15.0 Å². The van der Waals surface area contributed by atoms with E-state index in [-0.39, 0.29) is 18.0 Å². The van der Waals surface area contributed by atoms with Crippen LogP contribution >= 0.6 is 0 Å². The summed E-state index contributed by atoms with van der Waals surface area (Å²) >= 11 is 0. The van der Waals surface area contributed by atoms with Gasteiger partial charge >= 0.3 is 0 Å². The summed E-state index contributed by atoms with van der Waals surface area (Å²) in [6.07, 6.45) is 4.11. The number of nitrogens with two attached hydrogens (primary N) is 1. The third-order valence-corrected chi connectivity index (χ3v) is 6.24. The molecule has 0 aromatic carbocycles. The summed E-state index contributed by atoms with van der Waals surface area (Å²) in [6.45, 7) is 0. The van der Waals surface area contributed by atoms with Crippen LogP contribution in [-0.2, 0) is 14.3 Å². The van der Waals surface area contributed by atoms with Crippen molar-refractivity contribution in [2.75, 3.05) is 5.73 Å². The SMILES string of the molecule is Nc1ncnc2c1ncn2[C@@H]1O[C@H](C(OC2CCCC2)N(C=O)C2CC2)[C@@H](O)[C@H]1O. The number of hydrogen-bond donors (Lipinski definition) is 3. The first kappa shape index (κ1) is 19.6. The third kappa shape index (κ3) is 3.31. The number of nitrogen functional groups attached to an aromatic ring is 1. The minimum absolute atomic E-state index is 0.00445. The number of amides is 1. The zero-order valence-corrected chi connectivity index (χ0v) is 16.4. The van der Waals surface area contributed by atoms with Gasteiger partial charge in [0.1, 0.15) is 30.2 Å². The number of hydrogen-bond acceptors (Lipinski definition) is 9. The van der Waals surface area contributed by atoms with Crippen LogP contribution in [0.4, 0.5) is 5.82 Å². The van der Waals surface area contributed by atoms with Gasteiger partial charge in [-0.25, -0.2) is 15.0 Å². The molecule has 3 fully saturated rings. The summed E-state index contributed by atoms with van der Waals surface area (Å²) in [5.74, 6) is 0.214. The number of aliphatic hydroxyl groups is 2. The molecule has 2 saturated carbocycles. The molecular weight excluding hydrogens is 392 g/mol. The van der Waals surface area contributed by atoms with Crippen molar-refractivity contribution >= 4 is 23.4 Å². The van der Waals surface area contributed by atoms with Gasteiger partial charge in [-0.1, -0.05) is 12.8 Å². The monoisotopic (exact) mass is 418 g/mol. The third-order valence-electron chi connectivity index (χ3n) is 6.24. The lowest BCUT2D eigenvalue weighted by Crippen LogP contribution is -2.52. The predicted octanol–water partition coefficient (Wildman–Crippen LogP) is -0.0662. The lowest BCUT2D eigenvalue weighted by molar-refractivity contribution is -0.186. The van der Waals surface area contributed by atoms with Crippen LogP contribution in [0.5, 0.6) is 0 Å². The van der Waals surface area contributed by atoms with Crippen LogP contribution in [0.3, 0.4) is 0 Å². The largest absolute Gasteiger partial charge is 0.387 e. The average molecular weight is 418 g/mol. The number of carbonyl (C=O) groups is 1. The Morgan fingerprint density at radius 3 is 2.67 bits per heavy atom. The number of anilines is 1. The first-order chi connectivity index (χ1) is 14.6. The van der Waals surface area contributed by atoms with Gasteiger partial charge in [-0.05, 0) is 25.7 Å². The van der Waals surface area contributed by atoms with Crippen molar-refractivity contribution in [3.8, 4) is 0 Å². The van der Waals surface area contributed by atoms with Crippen molar-refractivity contribution in [3.05, 3.63) is 12.7 Å². The van der Waals surface area contributed by atoms with Gasteiger partial charge in [-0.15, -0.1) is 0 Å². The number of aromatic nitrogens is 4. The molecule has 30 heavy (non-hydrogen) atoms. The molecule has 1 amide bonds. The highest BCUT2D eigenvalue weighted by atomic mass is 16.6. The molecule has 5 rings (SSSR count). The van der Waals surface area contributed by atoms with E-state index in [0.29, 0.717) is 11.2 Å². The van der Waals surface area contributed by atoms with Gasteiger partial charge in [-0.3, -0.25) is 9.36 Å². The maximum absolute atomic E-state index is 11.9. The van der Waals surface area contributed by atoms with Gasteiger partial charge in [0.2, 0.25) is 6.41 Å². The molecule has 162 valence electrons. The molecule has 5 atom stereocenters. The number of ether oxygens (including phenoxy) is 2. The van der Waals surface area contributed by atoms with E-state index in [0.717, 1.165) is 44.9 Å². The van der Waals surface area contributed by atoms with E-state index in [2.05, 4.69) is 15.0 Å². The first-order valence-corrected chi connectivity index (χ1v) is 10.4. The van der Waals surface area contributed by atoms with Gasteiger partial charge in [0.15, 0.2) is 23.9 Å². The molecule has 0 spiro atoms. The molecule has 1 aliphatic heterocycles. The van der Waals surface area contributed by atoms with E-state index in [4.69, 9.17) is 15.2 Å². The summed E-state index contributed by atoms with van der Waals surface area (Å²) in [5, 5.41) is 21.6. The Morgan fingerprint density at radius 1 is 1.20 bits per heavy atom. The minimum Gasteiger partial charge on any atom is -0.387 e. The van der Waals surface area contributed by atoms with Crippen LogP contribution in [0.25, 0.3) is 11.2 Å². The maximum atomic E-state index is 11.9. The zero-order valence-electron chi connectivity index (χ0n) is 16.4. The number of imidazole rings is 1. The van der Waals surface area contributed by atoms with Crippen LogP contribution in [0, 0.1) is 0 Å². The molecule has 1 saturated heterocycles. The highest BCUT2D eigenvalue weighted by Gasteiger charge is 2.52. The summed E-state index contributed by atoms with van der Waals surface area (Å²) in [5.41, 5.74) is 6.63. The van der Waals surface area contributed by atoms with Gasteiger partial charge in [-0.2, -0.15) is 0 Å². The Kier molecular flexibility index (Phi) is 5.05. The predicted molar refractivity (Wildman–Crippen MR) is 104 cm³/mol. The number of aliphatic hydroxyl groups excluding tert-OH is 2. The summed E-state index contributed by atoms with van der Waals surface area (Å²) in [7, 11) is 0. The van der Waals surface area contributed by atoms with Crippen molar-refractivity contribution in [2.24, 2.45) is 0 Å². The van der Waals surface area contributed by atoms with Crippen molar-refractivity contribution in [2.45, 2.75) is 81.4 Å². The molecule has 2 aliphatic carbocycles. The van der Waals surface area contributed by atoms with Crippen molar-refractivity contribution in [1.82, 2.24) is 24.4 Å². The van der Waals surface area contributed by atoms with E-state index in [1.54, 1.807) is 4.90 Å². The van der Waals surface area contributed by atoms with Crippen LogP contribution in [0.1, 0.15) is 44.8 Å². The Bertz CT molecular complexity index is 914. The molecule has 0 bridgehead atoms. The van der Waals surface area contributed by atoms with E-state index >= 15 is 0 Å². The molecule has 2 aromatic rings. The highest BCUT2D eigenvalue weighted by molar-refractivity contribution is 5.81. The summed E-state index contributed by atoms with van der Waals surface area (Å²) < 4.78 is 13.9. The molecule has 11 nitrogen and oxygen atoms in total. The fourth-order valence-corrected chi connectivity index (χ4v) is 4.47. The van der Waals surface area contributed by atoms with E-state index < -0.39 is 30.8 Å². The molecule has 4 N–H and O–H groups in total. The van der Waals surface area contributed by atoms with Crippen LogP contribution in [0.2, 0.25) is 0 Å². The van der Waals surface area contributed by atoms with E-state index in [1.807, 2.05) is 0 Å². The number of rotatable bonds is 7. The maximum Gasteiger partial charge on any atom is 0.212 e. The average Bonchev–Trinajstić information content (AvgIpc) is 3.14. The molecule has 11 heteroatoms. The number of fused-ring (bicyclic) bond motifs is 1. The fraction of sp³-hybridized carbons (Fsp3) is 0.684. The summed E-state index contributed by atoms with van der Waals surface area (Å²) in [6, 6.07) is 0.0718. The lowest BCUT2D eigenvalue weighted by Gasteiger charge is -2.35. The number of carbonyl (C=O) groups excluding carboxylic acids is 1. The normalized spacial score (nSPS) is 30.7.